The fraction of sp³-hybridized carbons (Fsp3) is 0.467. The second-order valence-corrected chi connectivity index (χ2v) is 6.17. The fourth-order valence-corrected chi connectivity index (χ4v) is 2.30. The first-order chi connectivity index (χ1) is 9.67. The number of carbonyl (C=O) groups excluding carboxylic acids is 1. The highest BCUT2D eigenvalue weighted by atomic mass is 16.6. The van der Waals surface area contributed by atoms with Gasteiger partial charge in [-0.1, -0.05) is 0 Å². The van der Waals surface area contributed by atoms with Crippen molar-refractivity contribution >= 4 is 17.7 Å². The van der Waals surface area contributed by atoms with E-state index in [1.807, 2.05) is 20.8 Å². The number of nitrogens with two attached hydrogens (primary N) is 1. The van der Waals surface area contributed by atoms with Crippen LogP contribution in [0.5, 0.6) is 0 Å². The van der Waals surface area contributed by atoms with Crippen LogP contribution in [0.3, 0.4) is 0 Å². The van der Waals surface area contributed by atoms with Crippen LogP contribution >= 0.6 is 0 Å². The number of rotatable bonds is 1. The van der Waals surface area contributed by atoms with E-state index in [1.54, 1.807) is 17.0 Å². The van der Waals surface area contributed by atoms with Gasteiger partial charge in [-0.2, -0.15) is 0 Å². The minimum Gasteiger partial charge on any atom is -0.478 e. The van der Waals surface area contributed by atoms with E-state index >= 15 is 0 Å². The van der Waals surface area contributed by atoms with Crippen molar-refractivity contribution < 1.29 is 19.4 Å². The second-order valence-electron chi connectivity index (χ2n) is 6.17. The number of hydrogen-bond donors (Lipinski definition) is 2. The summed E-state index contributed by atoms with van der Waals surface area (Å²) >= 11 is 0. The smallest absolute Gasteiger partial charge is 0.410 e. The van der Waals surface area contributed by atoms with Crippen molar-refractivity contribution in [1.29, 1.82) is 0 Å². The van der Waals surface area contributed by atoms with Crippen molar-refractivity contribution in [2.24, 2.45) is 0 Å². The van der Waals surface area contributed by atoms with Gasteiger partial charge in [0.1, 0.15) is 5.60 Å². The molecule has 0 radical (unpaired) electrons. The lowest BCUT2D eigenvalue weighted by Crippen LogP contribution is -2.40. The highest BCUT2D eigenvalue weighted by molar-refractivity contribution is 5.94. The topological polar surface area (TPSA) is 92.9 Å². The summed E-state index contributed by atoms with van der Waals surface area (Å²) in [4.78, 5) is 24.8. The molecule has 0 aliphatic carbocycles. The zero-order chi connectivity index (χ0) is 15.8. The van der Waals surface area contributed by atoms with Gasteiger partial charge in [0.2, 0.25) is 0 Å². The number of carbonyl (C=O) groups is 2. The molecule has 2 rings (SSSR count). The van der Waals surface area contributed by atoms with E-state index in [9.17, 15) is 9.59 Å². The summed E-state index contributed by atoms with van der Waals surface area (Å²) in [6, 6.07) is 3.23. The molecule has 0 bridgehead atoms. The number of anilines is 1. The molecule has 1 heterocycles. The summed E-state index contributed by atoms with van der Waals surface area (Å²) in [5.74, 6) is -1.07. The van der Waals surface area contributed by atoms with Crippen molar-refractivity contribution in [1.82, 2.24) is 4.90 Å². The molecule has 0 saturated carbocycles. The van der Waals surface area contributed by atoms with Gasteiger partial charge in [0.25, 0.3) is 0 Å². The Labute approximate surface area is 123 Å². The van der Waals surface area contributed by atoms with E-state index in [0.717, 1.165) is 11.1 Å². The Kier molecular flexibility index (Phi) is 3.80. The average molecular weight is 292 g/mol. The van der Waals surface area contributed by atoms with Crippen molar-refractivity contribution in [3.8, 4) is 0 Å². The van der Waals surface area contributed by atoms with Crippen LogP contribution in [-0.4, -0.2) is 34.2 Å². The maximum Gasteiger partial charge on any atom is 0.410 e. The van der Waals surface area contributed by atoms with Crippen LogP contribution in [0.4, 0.5) is 10.5 Å². The van der Waals surface area contributed by atoms with Gasteiger partial charge in [-0.15, -0.1) is 0 Å². The lowest BCUT2D eigenvalue weighted by molar-refractivity contribution is 0.0224. The van der Waals surface area contributed by atoms with Crippen LogP contribution in [0.15, 0.2) is 12.1 Å². The molecule has 0 atom stereocenters. The molecule has 0 fully saturated rings. The largest absolute Gasteiger partial charge is 0.478 e. The zero-order valence-electron chi connectivity index (χ0n) is 12.5. The van der Waals surface area contributed by atoms with E-state index in [2.05, 4.69) is 0 Å². The first-order valence-electron chi connectivity index (χ1n) is 6.80. The number of benzene rings is 1. The van der Waals surface area contributed by atoms with Crippen LogP contribution in [0.2, 0.25) is 0 Å². The number of amides is 1. The van der Waals surface area contributed by atoms with Crippen molar-refractivity contribution in [2.45, 2.75) is 39.3 Å². The lowest BCUT2D eigenvalue weighted by atomic mass is 9.96. The van der Waals surface area contributed by atoms with Gasteiger partial charge in [-0.3, -0.25) is 0 Å². The third-order valence-electron chi connectivity index (χ3n) is 3.27. The highest BCUT2D eigenvalue weighted by Gasteiger charge is 2.26. The Morgan fingerprint density at radius 3 is 2.52 bits per heavy atom. The van der Waals surface area contributed by atoms with Crippen LogP contribution in [0.1, 0.15) is 42.3 Å². The molecule has 1 aromatic carbocycles. The summed E-state index contributed by atoms with van der Waals surface area (Å²) < 4.78 is 5.34. The number of nitrogens with zero attached hydrogens (tertiary/aromatic N) is 1. The minimum absolute atomic E-state index is 0.0692. The molecule has 1 amide bonds. The third kappa shape index (κ3) is 3.45. The molecule has 21 heavy (non-hydrogen) atoms. The van der Waals surface area contributed by atoms with E-state index in [0.29, 0.717) is 19.5 Å². The number of carboxylic acid groups (broad SMARTS) is 1. The molecule has 1 aliphatic rings. The lowest BCUT2D eigenvalue weighted by Gasteiger charge is -2.31. The Bertz CT molecular complexity index is 590. The molecule has 0 unspecified atom stereocenters. The van der Waals surface area contributed by atoms with E-state index in [-0.39, 0.29) is 17.3 Å². The molecular weight excluding hydrogens is 272 g/mol. The molecule has 0 saturated heterocycles. The van der Waals surface area contributed by atoms with Crippen LogP contribution in [-0.2, 0) is 17.7 Å². The van der Waals surface area contributed by atoms with Gasteiger partial charge in [0, 0.05) is 18.8 Å². The molecule has 6 nitrogen and oxygen atoms in total. The zero-order valence-corrected chi connectivity index (χ0v) is 12.5. The van der Waals surface area contributed by atoms with Gasteiger partial charge in [-0.05, 0) is 50.5 Å². The Hall–Kier alpha value is -2.24. The predicted molar refractivity (Wildman–Crippen MR) is 78.2 cm³/mol. The van der Waals surface area contributed by atoms with Crippen LogP contribution < -0.4 is 5.73 Å². The van der Waals surface area contributed by atoms with Crippen molar-refractivity contribution in [2.75, 3.05) is 12.3 Å². The quantitative estimate of drug-likeness (QED) is 0.774. The Balaban J connectivity index is 2.22. The van der Waals surface area contributed by atoms with Gasteiger partial charge >= 0.3 is 12.1 Å². The monoisotopic (exact) mass is 292 g/mol. The number of ether oxygens (including phenoxy) is 1. The normalized spacial score (nSPS) is 14.5. The van der Waals surface area contributed by atoms with Gasteiger partial charge in [0.05, 0.1) is 5.56 Å². The van der Waals surface area contributed by atoms with E-state index in [4.69, 9.17) is 15.6 Å². The van der Waals surface area contributed by atoms with E-state index < -0.39 is 11.6 Å². The molecule has 3 N–H and O–H groups in total. The molecule has 114 valence electrons. The molecular formula is C15H20N2O4. The third-order valence-corrected chi connectivity index (χ3v) is 3.27. The first-order valence-corrected chi connectivity index (χ1v) is 6.80. The van der Waals surface area contributed by atoms with Crippen molar-refractivity contribution in [3.05, 3.63) is 28.8 Å². The molecule has 0 aromatic heterocycles. The van der Waals surface area contributed by atoms with Crippen LogP contribution in [0, 0.1) is 0 Å². The average Bonchev–Trinajstić information content (AvgIpc) is 2.35. The number of fused-ring (bicyclic) bond motifs is 1. The first kappa shape index (κ1) is 15.2. The summed E-state index contributed by atoms with van der Waals surface area (Å²) in [7, 11) is 0. The standard InChI is InChI=1S/C15H20N2O4/c1-15(2,3)21-14(20)17-5-4-9-7-12(16)11(13(18)19)6-10(9)8-17/h6-7H,4-5,8,16H2,1-3H3,(H,18,19). The SMILES string of the molecule is CC(C)(C)OC(=O)N1CCc2cc(N)c(C(=O)O)cc2C1. The summed E-state index contributed by atoms with van der Waals surface area (Å²) in [6.45, 7) is 6.31. The number of hydrogen-bond acceptors (Lipinski definition) is 4. The number of nitrogen functional groups attached to an aromatic ring is 1. The summed E-state index contributed by atoms with van der Waals surface area (Å²) in [5, 5.41) is 9.11. The maximum absolute atomic E-state index is 12.1. The molecule has 0 spiro atoms. The summed E-state index contributed by atoms with van der Waals surface area (Å²) in [6.07, 6.45) is 0.250. The molecule has 1 aliphatic heterocycles. The van der Waals surface area contributed by atoms with Gasteiger partial charge in [0.15, 0.2) is 0 Å². The maximum atomic E-state index is 12.1. The van der Waals surface area contributed by atoms with Gasteiger partial charge < -0.3 is 20.5 Å². The molecule has 1 aromatic rings. The Morgan fingerprint density at radius 1 is 1.29 bits per heavy atom. The fourth-order valence-electron chi connectivity index (χ4n) is 2.30. The molecule has 6 heteroatoms. The van der Waals surface area contributed by atoms with Gasteiger partial charge in [-0.25, -0.2) is 9.59 Å². The second kappa shape index (κ2) is 5.27. The highest BCUT2D eigenvalue weighted by Crippen LogP contribution is 2.26. The van der Waals surface area contributed by atoms with Crippen molar-refractivity contribution in [3.63, 3.8) is 0 Å². The minimum atomic E-state index is -1.07. The predicted octanol–water partition coefficient (Wildman–Crippen LogP) is 2.26. The van der Waals surface area contributed by atoms with Crippen LogP contribution in [0.25, 0.3) is 0 Å². The number of aromatic carboxylic acids is 1. The Morgan fingerprint density at radius 2 is 1.95 bits per heavy atom. The van der Waals surface area contributed by atoms with E-state index in [1.165, 1.54) is 0 Å². The summed E-state index contributed by atoms with van der Waals surface area (Å²) in [5.41, 5.74) is 7.30. The number of carboxylic acids is 1.